The molecule has 1 saturated heterocycles. The minimum atomic E-state index is -1.13. The van der Waals surface area contributed by atoms with E-state index in [-0.39, 0.29) is 5.82 Å². The van der Waals surface area contributed by atoms with E-state index in [0.717, 1.165) is 38.8 Å². The highest BCUT2D eigenvalue weighted by Gasteiger charge is 2.24. The molecule has 2 aromatic rings. The van der Waals surface area contributed by atoms with Crippen LogP contribution in [0.5, 0.6) is 0 Å². The molecule has 27 heavy (non-hydrogen) atoms. The zero-order valence-corrected chi connectivity index (χ0v) is 18.5. The van der Waals surface area contributed by atoms with Crippen LogP contribution in [0.2, 0.25) is 30.7 Å². The van der Waals surface area contributed by atoms with Crippen LogP contribution in [-0.2, 0) is 11.5 Å². The summed E-state index contributed by atoms with van der Waals surface area (Å²) in [7, 11) is -1.13. The van der Waals surface area contributed by atoms with Crippen LogP contribution >= 0.6 is 11.6 Å². The number of fused-ring (bicyclic) bond motifs is 1. The minimum Gasteiger partial charge on any atom is -0.365 e. The number of hydrogen-bond donors (Lipinski definition) is 0. The van der Waals surface area contributed by atoms with Gasteiger partial charge in [-0.2, -0.15) is 0 Å². The summed E-state index contributed by atoms with van der Waals surface area (Å²) in [5.41, 5.74) is 1.52. The van der Waals surface area contributed by atoms with E-state index in [2.05, 4.69) is 36.4 Å². The maximum Gasteiger partial charge on any atom is 0.175 e. The molecular weight excluding hydrogens is 383 g/mol. The molecule has 1 fully saturated rings. The fourth-order valence-electron chi connectivity index (χ4n) is 3.34. The van der Waals surface area contributed by atoms with Gasteiger partial charge < -0.3 is 19.1 Å². The molecule has 0 spiro atoms. The Kier molecular flexibility index (Phi) is 6.45. The number of halogens is 2. The molecule has 150 valence electrons. The second kappa shape index (κ2) is 8.47. The first kappa shape index (κ1) is 20.6. The number of imidazole rings is 1. The maximum absolute atomic E-state index is 15.2. The Balaban J connectivity index is 1.76. The van der Waals surface area contributed by atoms with Crippen LogP contribution in [0, 0.1) is 5.82 Å². The number of hydrogen-bond acceptors (Lipinski definition) is 4. The summed E-state index contributed by atoms with van der Waals surface area (Å²) in [6, 6.07) is 2.92. The van der Waals surface area contributed by atoms with Gasteiger partial charge in [0.2, 0.25) is 0 Å². The Morgan fingerprint density at radius 1 is 1.22 bits per heavy atom. The van der Waals surface area contributed by atoms with E-state index < -0.39 is 8.07 Å². The molecule has 2 heterocycles. The van der Waals surface area contributed by atoms with Crippen molar-refractivity contribution in [1.29, 1.82) is 0 Å². The highest BCUT2D eigenvalue weighted by molar-refractivity contribution is 6.76. The van der Waals surface area contributed by atoms with Gasteiger partial charge in [0.1, 0.15) is 12.2 Å². The van der Waals surface area contributed by atoms with Crippen molar-refractivity contribution in [1.82, 2.24) is 14.5 Å². The Morgan fingerprint density at radius 2 is 1.93 bits per heavy atom. The van der Waals surface area contributed by atoms with Gasteiger partial charge in [-0.25, -0.2) is 9.37 Å². The van der Waals surface area contributed by atoms with Crippen molar-refractivity contribution in [3.8, 4) is 0 Å². The van der Waals surface area contributed by atoms with Crippen LogP contribution in [-0.4, -0.2) is 61.9 Å². The zero-order chi connectivity index (χ0) is 19.6. The SMILES string of the molecule is CCN1CCN(c2c(Cl)cc3c(ncn3COCC[Si](C)(C)C)c2F)CC1. The largest absolute Gasteiger partial charge is 0.365 e. The lowest BCUT2D eigenvalue weighted by atomic mass is 10.2. The number of rotatable bonds is 7. The van der Waals surface area contributed by atoms with Crippen LogP contribution in [0.15, 0.2) is 12.4 Å². The lowest BCUT2D eigenvalue weighted by Gasteiger charge is -2.36. The highest BCUT2D eigenvalue weighted by Crippen LogP contribution is 2.35. The van der Waals surface area contributed by atoms with Crippen molar-refractivity contribution in [2.75, 3.05) is 44.2 Å². The molecular formula is C19H30ClFN4OSi. The van der Waals surface area contributed by atoms with Gasteiger partial charge in [-0.1, -0.05) is 38.2 Å². The highest BCUT2D eigenvalue weighted by atomic mass is 35.5. The van der Waals surface area contributed by atoms with Gasteiger partial charge in [0.05, 0.1) is 22.6 Å². The van der Waals surface area contributed by atoms with E-state index in [1.807, 2.05) is 15.5 Å². The molecule has 1 aromatic heterocycles. The van der Waals surface area contributed by atoms with Gasteiger partial charge in [0.15, 0.2) is 5.82 Å². The van der Waals surface area contributed by atoms with Gasteiger partial charge in [0.25, 0.3) is 0 Å². The average molecular weight is 413 g/mol. The van der Waals surface area contributed by atoms with E-state index in [4.69, 9.17) is 16.3 Å². The summed E-state index contributed by atoms with van der Waals surface area (Å²) < 4.78 is 22.8. The number of ether oxygens (including phenoxy) is 1. The van der Waals surface area contributed by atoms with Crippen molar-refractivity contribution >= 4 is 36.4 Å². The summed E-state index contributed by atoms with van der Waals surface area (Å²) in [6.45, 7) is 14.6. The lowest BCUT2D eigenvalue weighted by molar-refractivity contribution is 0.0898. The molecule has 0 bridgehead atoms. The molecule has 8 heteroatoms. The number of benzene rings is 1. The van der Waals surface area contributed by atoms with Crippen LogP contribution < -0.4 is 4.90 Å². The minimum absolute atomic E-state index is 0.330. The van der Waals surface area contributed by atoms with Gasteiger partial charge in [-0.15, -0.1) is 0 Å². The average Bonchev–Trinajstić information content (AvgIpc) is 3.01. The topological polar surface area (TPSA) is 33.5 Å². The molecule has 0 saturated carbocycles. The monoisotopic (exact) mass is 412 g/mol. The predicted molar refractivity (Wildman–Crippen MR) is 113 cm³/mol. The first-order valence-electron chi connectivity index (χ1n) is 9.68. The van der Waals surface area contributed by atoms with Gasteiger partial charge in [-0.3, -0.25) is 0 Å². The molecule has 0 amide bonds. The Morgan fingerprint density at radius 3 is 2.56 bits per heavy atom. The number of piperazine rings is 1. The number of anilines is 1. The molecule has 0 radical (unpaired) electrons. The summed E-state index contributed by atoms with van der Waals surface area (Å²) in [6.07, 6.45) is 1.64. The summed E-state index contributed by atoms with van der Waals surface area (Å²) in [5.74, 6) is -0.330. The van der Waals surface area contributed by atoms with E-state index in [0.29, 0.717) is 35.1 Å². The summed E-state index contributed by atoms with van der Waals surface area (Å²) in [5, 5.41) is 0.439. The molecule has 1 aromatic carbocycles. The smallest absolute Gasteiger partial charge is 0.175 e. The van der Waals surface area contributed by atoms with Crippen molar-refractivity contribution in [3.63, 3.8) is 0 Å². The second-order valence-electron chi connectivity index (χ2n) is 8.37. The Hall–Kier alpha value is -1.15. The maximum atomic E-state index is 15.2. The van der Waals surface area contributed by atoms with Gasteiger partial charge in [-0.05, 0) is 18.7 Å². The van der Waals surface area contributed by atoms with Crippen molar-refractivity contribution in [2.24, 2.45) is 0 Å². The molecule has 0 unspecified atom stereocenters. The number of likely N-dealkylation sites (N-methyl/N-ethyl adjacent to an activating group) is 1. The zero-order valence-electron chi connectivity index (χ0n) is 16.8. The third-order valence-corrected chi connectivity index (χ3v) is 7.14. The first-order chi connectivity index (χ1) is 12.8. The lowest BCUT2D eigenvalue weighted by Crippen LogP contribution is -2.46. The standard InChI is InChI=1S/C19H30ClFN4OSi/c1-5-23-6-8-24(9-7-23)19-15(20)12-16-18(17(19)21)22-13-25(16)14-26-10-11-27(2,3)4/h12-13H,5-11,14H2,1-4H3. The molecule has 3 rings (SSSR count). The third kappa shape index (κ3) is 4.82. The fourth-order valence-corrected chi connectivity index (χ4v) is 4.40. The molecule has 0 aliphatic carbocycles. The van der Waals surface area contributed by atoms with E-state index in [1.165, 1.54) is 0 Å². The van der Waals surface area contributed by atoms with Crippen LogP contribution in [0.1, 0.15) is 6.92 Å². The Bertz CT molecular complexity index is 784. The van der Waals surface area contributed by atoms with Crippen LogP contribution in [0.3, 0.4) is 0 Å². The van der Waals surface area contributed by atoms with E-state index in [9.17, 15) is 0 Å². The molecule has 0 N–H and O–H groups in total. The van der Waals surface area contributed by atoms with Crippen LogP contribution in [0.25, 0.3) is 11.0 Å². The van der Waals surface area contributed by atoms with E-state index in [1.54, 1.807) is 6.33 Å². The number of nitrogens with zero attached hydrogens (tertiary/aromatic N) is 4. The number of aromatic nitrogens is 2. The fraction of sp³-hybridized carbons (Fsp3) is 0.632. The Labute approximate surface area is 167 Å². The van der Waals surface area contributed by atoms with Crippen LogP contribution in [0.4, 0.5) is 10.1 Å². The molecule has 1 aliphatic rings. The van der Waals surface area contributed by atoms with E-state index >= 15 is 4.39 Å². The molecule has 5 nitrogen and oxygen atoms in total. The van der Waals surface area contributed by atoms with Crippen molar-refractivity contribution < 1.29 is 9.13 Å². The van der Waals surface area contributed by atoms with Gasteiger partial charge in [0, 0.05) is 40.9 Å². The molecule has 1 aliphatic heterocycles. The molecule has 0 atom stereocenters. The first-order valence-corrected chi connectivity index (χ1v) is 13.8. The normalized spacial score (nSPS) is 16.4. The summed E-state index contributed by atoms with van der Waals surface area (Å²) >= 11 is 6.49. The second-order valence-corrected chi connectivity index (χ2v) is 14.4. The quantitative estimate of drug-likeness (QED) is 0.502. The predicted octanol–water partition coefficient (Wildman–Crippen LogP) is 4.28. The van der Waals surface area contributed by atoms with Crippen molar-refractivity contribution in [3.05, 3.63) is 23.2 Å². The van der Waals surface area contributed by atoms with Gasteiger partial charge >= 0.3 is 0 Å². The summed E-state index contributed by atoms with van der Waals surface area (Å²) in [4.78, 5) is 8.68. The van der Waals surface area contributed by atoms with Crippen molar-refractivity contribution in [2.45, 2.75) is 39.3 Å². The third-order valence-electron chi connectivity index (χ3n) is 5.15.